The molecule has 0 spiro atoms. The highest BCUT2D eigenvalue weighted by atomic mass is 35.5. The number of ether oxygens (including phenoxy) is 1. The molecule has 1 N–H and O–H groups in total. The van der Waals surface area contributed by atoms with E-state index in [1.54, 1.807) is 48.2 Å². The molecule has 2 aromatic carbocycles. The molecule has 7 heteroatoms. The van der Waals surface area contributed by atoms with E-state index in [1.165, 1.54) is 0 Å². The van der Waals surface area contributed by atoms with E-state index in [-0.39, 0.29) is 24.3 Å². The van der Waals surface area contributed by atoms with Crippen LogP contribution in [0.15, 0.2) is 66.9 Å². The molecule has 0 saturated carbocycles. The maximum Gasteiger partial charge on any atom is 0.262 e. The molecule has 2 heterocycles. The number of fused-ring (bicyclic) bond motifs is 1. The topological polar surface area (TPSA) is 73.2 Å². The van der Waals surface area contributed by atoms with E-state index >= 15 is 0 Å². The van der Waals surface area contributed by atoms with Crippen LogP contribution in [0, 0.1) is 6.92 Å². The Labute approximate surface area is 197 Å². The number of carbonyl (C=O) groups is 2. The minimum Gasteiger partial charge on any atom is -0.497 e. The number of nitrogens with zero attached hydrogens (tertiary/aromatic N) is 2. The fourth-order valence-corrected chi connectivity index (χ4v) is 4.08. The highest BCUT2D eigenvalue weighted by molar-refractivity contribution is 6.30. The Morgan fingerprint density at radius 2 is 1.88 bits per heavy atom. The minimum atomic E-state index is -0.238. The summed E-state index contributed by atoms with van der Waals surface area (Å²) in [6, 6.07) is 17.6. The Balaban J connectivity index is 1.71. The van der Waals surface area contributed by atoms with E-state index in [2.05, 4.69) is 10.3 Å². The highest BCUT2D eigenvalue weighted by Crippen LogP contribution is 2.31. The van der Waals surface area contributed by atoms with E-state index < -0.39 is 0 Å². The molecule has 33 heavy (non-hydrogen) atoms. The zero-order chi connectivity index (χ0) is 23.5. The van der Waals surface area contributed by atoms with Crippen molar-refractivity contribution >= 4 is 34.3 Å². The van der Waals surface area contributed by atoms with E-state index in [0.717, 1.165) is 16.6 Å². The van der Waals surface area contributed by atoms with Crippen LogP contribution in [-0.2, 0) is 11.2 Å². The normalized spacial score (nSPS) is 11.9. The van der Waals surface area contributed by atoms with Crippen molar-refractivity contribution in [2.75, 3.05) is 7.11 Å². The van der Waals surface area contributed by atoms with Crippen LogP contribution >= 0.6 is 11.6 Å². The van der Waals surface area contributed by atoms with Gasteiger partial charge in [-0.25, -0.2) is 0 Å². The lowest BCUT2D eigenvalue weighted by Crippen LogP contribution is -2.28. The molecule has 0 aliphatic heterocycles. The summed E-state index contributed by atoms with van der Waals surface area (Å²) in [4.78, 5) is 30.6. The van der Waals surface area contributed by atoms with Gasteiger partial charge in [0.05, 0.1) is 30.8 Å². The van der Waals surface area contributed by atoms with Crippen LogP contribution in [0.4, 0.5) is 0 Å². The zero-order valence-corrected chi connectivity index (χ0v) is 19.4. The number of nitrogens with one attached hydrogen (secondary N) is 1. The molecule has 6 nitrogen and oxygen atoms in total. The Kier molecular flexibility index (Phi) is 6.47. The molecule has 2 aromatic heterocycles. The lowest BCUT2D eigenvalue weighted by Gasteiger charge is -2.13. The van der Waals surface area contributed by atoms with Gasteiger partial charge in [0.25, 0.3) is 5.91 Å². The van der Waals surface area contributed by atoms with Crippen LogP contribution in [0.2, 0.25) is 5.02 Å². The number of amides is 1. The van der Waals surface area contributed by atoms with Crippen LogP contribution in [0.3, 0.4) is 0 Å². The van der Waals surface area contributed by atoms with Crippen molar-refractivity contribution in [3.8, 4) is 5.75 Å². The lowest BCUT2D eigenvalue weighted by molar-refractivity contribution is -0.121. The van der Waals surface area contributed by atoms with Crippen molar-refractivity contribution in [3.05, 3.63) is 94.4 Å². The van der Waals surface area contributed by atoms with Gasteiger partial charge in [0.1, 0.15) is 5.75 Å². The highest BCUT2D eigenvalue weighted by Gasteiger charge is 2.22. The van der Waals surface area contributed by atoms with Crippen molar-refractivity contribution < 1.29 is 14.3 Å². The molecular formula is C26H24ClN3O3. The van der Waals surface area contributed by atoms with Gasteiger partial charge in [-0.3, -0.25) is 19.1 Å². The zero-order valence-electron chi connectivity index (χ0n) is 18.6. The Morgan fingerprint density at radius 3 is 2.55 bits per heavy atom. The van der Waals surface area contributed by atoms with Crippen LogP contribution in [0.5, 0.6) is 5.75 Å². The molecule has 0 fully saturated rings. The summed E-state index contributed by atoms with van der Waals surface area (Å²) in [6.45, 7) is 3.74. The molecule has 1 atom stereocenters. The Morgan fingerprint density at radius 1 is 1.12 bits per heavy atom. The van der Waals surface area contributed by atoms with Gasteiger partial charge in [0, 0.05) is 27.9 Å². The molecule has 0 unspecified atom stereocenters. The number of hydrogen-bond acceptors (Lipinski definition) is 4. The number of halogens is 1. The number of methoxy groups -OCH3 is 1. The number of aromatic nitrogens is 2. The van der Waals surface area contributed by atoms with E-state index in [0.29, 0.717) is 27.5 Å². The summed E-state index contributed by atoms with van der Waals surface area (Å²) in [5, 5.41) is 4.36. The maximum atomic E-state index is 13.4. The van der Waals surface area contributed by atoms with Gasteiger partial charge in [-0.2, -0.15) is 0 Å². The predicted molar refractivity (Wildman–Crippen MR) is 129 cm³/mol. The van der Waals surface area contributed by atoms with Gasteiger partial charge in [-0.05, 0) is 74.0 Å². The maximum absolute atomic E-state index is 13.4. The smallest absolute Gasteiger partial charge is 0.262 e. The first kappa shape index (κ1) is 22.6. The van der Waals surface area contributed by atoms with Crippen LogP contribution < -0.4 is 10.1 Å². The van der Waals surface area contributed by atoms with Crippen LogP contribution in [0.1, 0.15) is 40.3 Å². The first-order valence-electron chi connectivity index (χ1n) is 10.6. The van der Waals surface area contributed by atoms with Crippen molar-refractivity contribution in [1.82, 2.24) is 14.9 Å². The van der Waals surface area contributed by atoms with Gasteiger partial charge in [0.15, 0.2) is 0 Å². The minimum absolute atomic E-state index is 0.119. The third-order valence-electron chi connectivity index (χ3n) is 5.68. The third kappa shape index (κ3) is 4.61. The molecule has 0 saturated heterocycles. The monoisotopic (exact) mass is 461 g/mol. The molecule has 168 valence electrons. The first-order valence-corrected chi connectivity index (χ1v) is 11.0. The molecule has 0 radical (unpaired) electrons. The van der Waals surface area contributed by atoms with Crippen molar-refractivity contribution in [3.63, 3.8) is 0 Å². The Bertz CT molecular complexity index is 1310. The quantitative estimate of drug-likeness (QED) is 0.432. The number of pyridine rings is 1. The summed E-state index contributed by atoms with van der Waals surface area (Å²) in [6.07, 6.45) is 1.82. The van der Waals surface area contributed by atoms with Crippen molar-refractivity contribution in [2.45, 2.75) is 26.3 Å². The van der Waals surface area contributed by atoms with Crippen molar-refractivity contribution in [1.29, 1.82) is 0 Å². The second-order valence-electron chi connectivity index (χ2n) is 7.82. The van der Waals surface area contributed by atoms with Crippen LogP contribution in [0.25, 0.3) is 10.9 Å². The summed E-state index contributed by atoms with van der Waals surface area (Å²) >= 11 is 5.99. The van der Waals surface area contributed by atoms with Crippen molar-refractivity contribution in [2.24, 2.45) is 0 Å². The van der Waals surface area contributed by atoms with E-state index in [9.17, 15) is 9.59 Å². The second-order valence-corrected chi connectivity index (χ2v) is 8.25. The number of rotatable bonds is 6. The first-order chi connectivity index (χ1) is 15.9. The average Bonchev–Trinajstić information content (AvgIpc) is 3.10. The molecular weight excluding hydrogens is 438 g/mol. The molecule has 1 amide bonds. The summed E-state index contributed by atoms with van der Waals surface area (Å²) in [5.74, 6) is 0.312. The number of hydrogen-bond donors (Lipinski definition) is 1. The van der Waals surface area contributed by atoms with Gasteiger partial charge in [-0.15, -0.1) is 0 Å². The summed E-state index contributed by atoms with van der Waals surface area (Å²) < 4.78 is 7.04. The molecule has 4 rings (SSSR count). The third-order valence-corrected chi connectivity index (χ3v) is 5.93. The fourth-order valence-electron chi connectivity index (χ4n) is 3.95. The summed E-state index contributed by atoms with van der Waals surface area (Å²) in [7, 11) is 1.59. The number of benzene rings is 2. The van der Waals surface area contributed by atoms with E-state index in [4.69, 9.17) is 16.3 Å². The second kappa shape index (κ2) is 9.46. The largest absolute Gasteiger partial charge is 0.497 e. The fraction of sp³-hybridized carbons (Fsp3) is 0.192. The SMILES string of the molecule is COc1ccc2c(c1)c(CC(=O)N[C@H](C)c1ccccn1)c(C)n2C(=O)c1ccc(Cl)cc1. The van der Waals surface area contributed by atoms with Gasteiger partial charge < -0.3 is 10.1 Å². The van der Waals surface area contributed by atoms with Crippen LogP contribution in [-0.4, -0.2) is 28.5 Å². The number of carbonyl (C=O) groups excluding carboxylic acids is 2. The molecule has 4 aromatic rings. The van der Waals surface area contributed by atoms with Gasteiger partial charge >= 0.3 is 0 Å². The average molecular weight is 462 g/mol. The van der Waals surface area contributed by atoms with Gasteiger partial charge in [0.2, 0.25) is 5.91 Å². The molecule has 0 aliphatic carbocycles. The summed E-state index contributed by atoms with van der Waals surface area (Å²) in [5.41, 5.74) is 3.49. The standard InChI is InChI=1S/C26H24ClN3O3/c1-16(23-6-4-5-13-28-23)29-25(31)15-21-17(2)30(24-12-11-20(33-3)14-22(21)24)26(32)18-7-9-19(27)10-8-18/h4-14,16H,15H2,1-3H3,(H,29,31)/t16-/m1/s1. The van der Waals surface area contributed by atoms with Gasteiger partial charge in [-0.1, -0.05) is 17.7 Å². The molecule has 0 bridgehead atoms. The molecule has 0 aliphatic rings. The van der Waals surface area contributed by atoms with E-state index in [1.807, 2.05) is 44.2 Å². The lowest BCUT2D eigenvalue weighted by atomic mass is 10.1. The predicted octanol–water partition coefficient (Wildman–Crippen LogP) is 5.12. The Hall–Kier alpha value is -3.64.